The number of nitrogens with one attached hydrogen (secondary N) is 1. The Labute approximate surface area is 136 Å². The van der Waals surface area contributed by atoms with Gasteiger partial charge in [-0.2, -0.15) is 0 Å². The van der Waals surface area contributed by atoms with E-state index in [0.29, 0.717) is 30.3 Å². The lowest BCUT2D eigenvalue weighted by Gasteiger charge is -2.17. The van der Waals surface area contributed by atoms with E-state index >= 15 is 0 Å². The SMILES string of the molecule is COc1ccc(NC(=O)CN(C)Cc2ccccc2)c(OC)c1. The van der Waals surface area contributed by atoms with E-state index < -0.39 is 0 Å². The molecule has 0 bridgehead atoms. The molecule has 0 aliphatic carbocycles. The molecule has 0 saturated heterocycles. The normalized spacial score (nSPS) is 10.4. The quantitative estimate of drug-likeness (QED) is 0.854. The third-order valence-corrected chi connectivity index (χ3v) is 3.39. The van der Waals surface area contributed by atoms with Crippen molar-refractivity contribution in [3.63, 3.8) is 0 Å². The van der Waals surface area contributed by atoms with Crippen LogP contribution in [-0.4, -0.2) is 38.6 Å². The zero-order chi connectivity index (χ0) is 16.7. The largest absolute Gasteiger partial charge is 0.497 e. The number of hydrogen-bond acceptors (Lipinski definition) is 4. The number of rotatable bonds is 7. The van der Waals surface area contributed by atoms with Crippen molar-refractivity contribution in [3.05, 3.63) is 54.1 Å². The fraction of sp³-hybridized carbons (Fsp3) is 0.278. The van der Waals surface area contributed by atoms with E-state index in [1.807, 2.05) is 42.3 Å². The van der Waals surface area contributed by atoms with Crippen molar-refractivity contribution in [3.8, 4) is 11.5 Å². The molecule has 5 nitrogen and oxygen atoms in total. The Bertz CT molecular complexity index is 644. The molecule has 0 aliphatic rings. The fourth-order valence-corrected chi connectivity index (χ4v) is 2.29. The molecular weight excluding hydrogens is 292 g/mol. The highest BCUT2D eigenvalue weighted by Gasteiger charge is 2.11. The molecule has 2 rings (SSSR count). The monoisotopic (exact) mass is 314 g/mol. The van der Waals surface area contributed by atoms with Crippen molar-refractivity contribution >= 4 is 11.6 Å². The summed E-state index contributed by atoms with van der Waals surface area (Å²) < 4.78 is 10.4. The van der Waals surface area contributed by atoms with E-state index in [0.717, 1.165) is 0 Å². The van der Waals surface area contributed by atoms with Gasteiger partial charge < -0.3 is 14.8 Å². The van der Waals surface area contributed by atoms with Crippen LogP contribution in [0.2, 0.25) is 0 Å². The predicted molar refractivity (Wildman–Crippen MR) is 91.0 cm³/mol. The van der Waals surface area contributed by atoms with Crippen LogP contribution in [0.5, 0.6) is 11.5 Å². The first-order chi connectivity index (χ1) is 11.1. The molecule has 0 aliphatic heterocycles. The summed E-state index contributed by atoms with van der Waals surface area (Å²) in [7, 11) is 5.06. The Morgan fingerprint density at radius 1 is 1.09 bits per heavy atom. The third-order valence-electron chi connectivity index (χ3n) is 3.39. The van der Waals surface area contributed by atoms with Crippen molar-refractivity contribution in [1.82, 2.24) is 4.90 Å². The summed E-state index contributed by atoms with van der Waals surface area (Å²) in [4.78, 5) is 14.2. The highest BCUT2D eigenvalue weighted by molar-refractivity contribution is 5.93. The maximum absolute atomic E-state index is 12.2. The topological polar surface area (TPSA) is 50.8 Å². The van der Waals surface area contributed by atoms with E-state index in [1.54, 1.807) is 32.4 Å². The van der Waals surface area contributed by atoms with Crippen LogP contribution in [0.4, 0.5) is 5.69 Å². The van der Waals surface area contributed by atoms with Crippen LogP contribution in [0.15, 0.2) is 48.5 Å². The average Bonchev–Trinajstić information content (AvgIpc) is 2.55. The molecule has 0 heterocycles. The predicted octanol–water partition coefficient (Wildman–Crippen LogP) is 2.77. The molecule has 0 spiro atoms. The molecule has 0 atom stereocenters. The zero-order valence-corrected chi connectivity index (χ0v) is 13.7. The molecule has 1 N–H and O–H groups in total. The summed E-state index contributed by atoms with van der Waals surface area (Å²) in [5, 5.41) is 2.87. The average molecular weight is 314 g/mol. The number of benzene rings is 2. The van der Waals surface area contributed by atoms with E-state index in [4.69, 9.17) is 9.47 Å². The molecule has 2 aromatic carbocycles. The molecule has 23 heavy (non-hydrogen) atoms. The van der Waals surface area contributed by atoms with Crippen molar-refractivity contribution in [2.24, 2.45) is 0 Å². The molecule has 2 aromatic rings. The number of ether oxygens (including phenoxy) is 2. The lowest BCUT2D eigenvalue weighted by Crippen LogP contribution is -2.29. The summed E-state index contributed by atoms with van der Waals surface area (Å²) in [5.74, 6) is 1.16. The third kappa shape index (κ3) is 5.00. The number of nitrogens with zero attached hydrogens (tertiary/aromatic N) is 1. The molecule has 0 fully saturated rings. The summed E-state index contributed by atoms with van der Waals surface area (Å²) in [6.07, 6.45) is 0. The minimum atomic E-state index is -0.0908. The first-order valence-corrected chi connectivity index (χ1v) is 7.36. The van der Waals surface area contributed by atoms with Gasteiger partial charge in [-0.1, -0.05) is 30.3 Å². The number of amides is 1. The summed E-state index contributed by atoms with van der Waals surface area (Å²) >= 11 is 0. The van der Waals surface area contributed by atoms with E-state index in [-0.39, 0.29) is 5.91 Å². The van der Waals surface area contributed by atoms with Gasteiger partial charge in [-0.25, -0.2) is 0 Å². The maximum atomic E-state index is 12.2. The van der Waals surface area contributed by atoms with Gasteiger partial charge in [0.2, 0.25) is 5.91 Å². The van der Waals surface area contributed by atoms with Crippen LogP contribution in [0, 0.1) is 0 Å². The number of carbonyl (C=O) groups excluding carboxylic acids is 1. The lowest BCUT2D eigenvalue weighted by molar-refractivity contribution is -0.117. The van der Waals surface area contributed by atoms with E-state index in [2.05, 4.69) is 5.32 Å². The van der Waals surface area contributed by atoms with Crippen LogP contribution >= 0.6 is 0 Å². The van der Waals surface area contributed by atoms with Crippen LogP contribution in [-0.2, 0) is 11.3 Å². The molecule has 0 saturated carbocycles. The number of methoxy groups -OCH3 is 2. The standard InChI is InChI=1S/C18H22N2O3/c1-20(12-14-7-5-4-6-8-14)13-18(21)19-16-10-9-15(22-2)11-17(16)23-3/h4-11H,12-13H2,1-3H3,(H,19,21). The van der Waals surface area contributed by atoms with Crippen LogP contribution in [0.3, 0.4) is 0 Å². The number of hydrogen-bond donors (Lipinski definition) is 1. The van der Waals surface area contributed by atoms with Gasteiger partial charge in [0.1, 0.15) is 11.5 Å². The van der Waals surface area contributed by atoms with Crippen LogP contribution in [0.1, 0.15) is 5.56 Å². The minimum absolute atomic E-state index is 0.0908. The van der Waals surface area contributed by atoms with Gasteiger partial charge in [-0.15, -0.1) is 0 Å². The highest BCUT2D eigenvalue weighted by Crippen LogP contribution is 2.28. The summed E-state index contributed by atoms with van der Waals surface area (Å²) in [6, 6.07) is 15.3. The van der Waals surface area contributed by atoms with Crippen LogP contribution < -0.4 is 14.8 Å². The smallest absolute Gasteiger partial charge is 0.238 e. The first-order valence-electron chi connectivity index (χ1n) is 7.36. The second kappa shape index (κ2) is 8.19. The Balaban J connectivity index is 1.94. The molecular formula is C18H22N2O3. The lowest BCUT2D eigenvalue weighted by atomic mass is 10.2. The van der Waals surface area contributed by atoms with Gasteiger partial charge >= 0.3 is 0 Å². The van der Waals surface area contributed by atoms with Crippen molar-refractivity contribution in [2.75, 3.05) is 33.1 Å². The van der Waals surface area contributed by atoms with Gasteiger partial charge in [-0.3, -0.25) is 9.69 Å². The number of anilines is 1. The van der Waals surface area contributed by atoms with Crippen molar-refractivity contribution in [1.29, 1.82) is 0 Å². The van der Waals surface area contributed by atoms with Gasteiger partial charge in [0.25, 0.3) is 0 Å². The van der Waals surface area contributed by atoms with Gasteiger partial charge in [0.05, 0.1) is 26.5 Å². The Kier molecular flexibility index (Phi) is 6.00. The Morgan fingerprint density at radius 2 is 1.83 bits per heavy atom. The molecule has 0 aromatic heterocycles. The van der Waals surface area contributed by atoms with E-state index in [9.17, 15) is 4.79 Å². The van der Waals surface area contributed by atoms with Gasteiger partial charge in [0, 0.05) is 12.6 Å². The zero-order valence-electron chi connectivity index (χ0n) is 13.7. The molecule has 0 radical (unpaired) electrons. The number of likely N-dealkylation sites (N-methyl/N-ethyl adjacent to an activating group) is 1. The van der Waals surface area contributed by atoms with Gasteiger partial charge in [-0.05, 0) is 24.7 Å². The van der Waals surface area contributed by atoms with Crippen molar-refractivity contribution in [2.45, 2.75) is 6.54 Å². The second-order valence-corrected chi connectivity index (χ2v) is 5.27. The van der Waals surface area contributed by atoms with Crippen LogP contribution in [0.25, 0.3) is 0 Å². The summed E-state index contributed by atoms with van der Waals surface area (Å²) in [5.41, 5.74) is 1.80. The molecule has 0 unspecified atom stereocenters. The molecule has 1 amide bonds. The first kappa shape index (κ1) is 16.8. The summed E-state index contributed by atoms with van der Waals surface area (Å²) in [6.45, 7) is 1.01. The number of carbonyl (C=O) groups is 1. The molecule has 5 heteroatoms. The van der Waals surface area contributed by atoms with Crippen molar-refractivity contribution < 1.29 is 14.3 Å². The minimum Gasteiger partial charge on any atom is -0.497 e. The second-order valence-electron chi connectivity index (χ2n) is 5.27. The fourth-order valence-electron chi connectivity index (χ4n) is 2.29. The van der Waals surface area contributed by atoms with Gasteiger partial charge in [0.15, 0.2) is 0 Å². The van der Waals surface area contributed by atoms with E-state index in [1.165, 1.54) is 5.56 Å². The Morgan fingerprint density at radius 3 is 2.48 bits per heavy atom. The highest BCUT2D eigenvalue weighted by atomic mass is 16.5. The maximum Gasteiger partial charge on any atom is 0.238 e. The Hall–Kier alpha value is -2.53. The molecule has 122 valence electrons.